The van der Waals surface area contributed by atoms with Crippen LogP contribution in [0.4, 0.5) is 0 Å². The van der Waals surface area contributed by atoms with Crippen LogP contribution in [0.2, 0.25) is 0 Å². The summed E-state index contributed by atoms with van der Waals surface area (Å²) in [5, 5.41) is 19.9. The average Bonchev–Trinajstić information content (AvgIpc) is 2.81. The quantitative estimate of drug-likeness (QED) is 0.544. The zero-order valence-electron chi connectivity index (χ0n) is 12.6. The Balaban J connectivity index is 2.43. The van der Waals surface area contributed by atoms with Gasteiger partial charge in [-0.15, -0.1) is 0 Å². The summed E-state index contributed by atoms with van der Waals surface area (Å²) in [4.78, 5) is 25.6. The highest BCUT2D eigenvalue weighted by Crippen LogP contribution is 2.32. The van der Waals surface area contributed by atoms with Gasteiger partial charge in [-0.2, -0.15) is 0 Å². The number of aryl methyl sites for hydroxylation is 1. The topological polar surface area (TPSA) is 123 Å². The zero-order chi connectivity index (χ0) is 16.4. The summed E-state index contributed by atoms with van der Waals surface area (Å²) < 4.78 is 16.9. The Morgan fingerprint density at radius 2 is 2.05 bits per heavy atom. The molecule has 22 heavy (non-hydrogen) atoms. The van der Waals surface area contributed by atoms with Crippen molar-refractivity contribution in [2.45, 2.75) is 37.6 Å². The predicted octanol–water partition coefficient (Wildman–Crippen LogP) is -1.87. The van der Waals surface area contributed by atoms with Gasteiger partial charge >= 0.3 is 5.69 Å². The number of aromatic nitrogens is 2. The highest BCUT2D eigenvalue weighted by atomic mass is 16.7. The molecule has 124 valence electrons. The highest BCUT2D eigenvalue weighted by Gasteiger charge is 2.48. The van der Waals surface area contributed by atoms with E-state index in [2.05, 4.69) is 4.98 Å². The van der Waals surface area contributed by atoms with Gasteiger partial charge in [0, 0.05) is 26.0 Å². The van der Waals surface area contributed by atoms with E-state index in [1.807, 2.05) is 0 Å². The molecule has 0 saturated carbocycles. The van der Waals surface area contributed by atoms with Gasteiger partial charge in [0.05, 0.1) is 12.6 Å². The molecule has 4 atom stereocenters. The van der Waals surface area contributed by atoms with Crippen molar-refractivity contribution >= 4 is 0 Å². The van der Waals surface area contributed by atoms with Gasteiger partial charge in [-0.25, -0.2) is 4.79 Å². The standard InChI is InChI=1S/C13H20N2O7/c1-6-4-15(13(19)14-11(6)18)8-7(5-16)22-10(9(8)17)12(20-2)21-3/h4,7-10,12,16-17H,5H2,1-3H3,(H,14,18,19)/t7-,8-,9+,10+/m0/s1. The number of hydrogen-bond donors (Lipinski definition) is 3. The van der Waals surface area contributed by atoms with Gasteiger partial charge in [0.1, 0.15) is 18.3 Å². The van der Waals surface area contributed by atoms with Gasteiger partial charge in [-0.1, -0.05) is 0 Å². The minimum atomic E-state index is -1.16. The van der Waals surface area contributed by atoms with Gasteiger partial charge in [-0.05, 0) is 6.92 Å². The number of ether oxygens (including phenoxy) is 3. The third kappa shape index (κ3) is 2.85. The molecule has 0 bridgehead atoms. The van der Waals surface area contributed by atoms with E-state index < -0.39 is 48.5 Å². The van der Waals surface area contributed by atoms with Gasteiger partial charge < -0.3 is 24.4 Å². The zero-order valence-corrected chi connectivity index (χ0v) is 12.6. The highest BCUT2D eigenvalue weighted by molar-refractivity contribution is 5.05. The molecular weight excluding hydrogens is 296 g/mol. The van der Waals surface area contributed by atoms with E-state index in [1.165, 1.54) is 27.3 Å². The maximum absolute atomic E-state index is 12.0. The minimum absolute atomic E-state index is 0.307. The number of aliphatic hydroxyl groups excluding tert-OH is 2. The van der Waals surface area contributed by atoms with Crippen molar-refractivity contribution < 1.29 is 24.4 Å². The molecule has 1 saturated heterocycles. The molecule has 2 rings (SSSR count). The van der Waals surface area contributed by atoms with Crippen LogP contribution < -0.4 is 11.2 Å². The number of aromatic amines is 1. The lowest BCUT2D eigenvalue weighted by Gasteiger charge is -2.24. The SMILES string of the molecule is COC(OC)[C@@H]1O[C@@H](CO)[C@H](n2cc(C)c(=O)[nH]c2=O)[C@H]1O. The predicted molar refractivity (Wildman–Crippen MR) is 74.7 cm³/mol. The van der Waals surface area contributed by atoms with Crippen LogP contribution in [0.1, 0.15) is 11.6 Å². The summed E-state index contributed by atoms with van der Waals surface area (Å²) in [7, 11) is 2.78. The molecule has 1 aromatic rings. The Bertz CT molecular complexity index is 622. The molecule has 1 aliphatic rings. The monoisotopic (exact) mass is 316 g/mol. The van der Waals surface area contributed by atoms with Crippen LogP contribution in [0.25, 0.3) is 0 Å². The first-order valence-electron chi connectivity index (χ1n) is 6.76. The number of rotatable bonds is 5. The maximum Gasteiger partial charge on any atom is 0.328 e. The molecule has 1 fully saturated rings. The fourth-order valence-corrected chi connectivity index (χ4v) is 2.67. The molecule has 0 aliphatic carbocycles. The Hall–Kier alpha value is -1.52. The van der Waals surface area contributed by atoms with Crippen LogP contribution >= 0.6 is 0 Å². The number of nitrogens with zero attached hydrogens (tertiary/aromatic N) is 1. The lowest BCUT2D eigenvalue weighted by atomic mass is 10.0. The number of H-pyrrole nitrogens is 1. The number of hydrogen-bond acceptors (Lipinski definition) is 7. The summed E-state index contributed by atoms with van der Waals surface area (Å²) in [6, 6.07) is -0.870. The van der Waals surface area contributed by atoms with Gasteiger partial charge in [0.15, 0.2) is 6.29 Å². The van der Waals surface area contributed by atoms with Crippen LogP contribution in [-0.2, 0) is 14.2 Å². The van der Waals surface area contributed by atoms with Crippen molar-refractivity contribution in [3.63, 3.8) is 0 Å². The average molecular weight is 316 g/mol. The van der Waals surface area contributed by atoms with Gasteiger partial charge in [0.25, 0.3) is 5.56 Å². The fourth-order valence-electron chi connectivity index (χ4n) is 2.67. The summed E-state index contributed by atoms with van der Waals surface area (Å²) in [6.45, 7) is 1.12. The second-order valence-corrected chi connectivity index (χ2v) is 5.12. The van der Waals surface area contributed by atoms with E-state index in [-0.39, 0.29) is 0 Å². The lowest BCUT2D eigenvalue weighted by molar-refractivity contribution is -0.193. The van der Waals surface area contributed by atoms with Crippen molar-refractivity contribution in [3.8, 4) is 0 Å². The van der Waals surface area contributed by atoms with E-state index in [0.29, 0.717) is 5.56 Å². The Kier molecular flexibility index (Phi) is 5.14. The van der Waals surface area contributed by atoms with Crippen molar-refractivity contribution in [2.75, 3.05) is 20.8 Å². The molecule has 0 spiro atoms. The fraction of sp³-hybridized carbons (Fsp3) is 0.692. The van der Waals surface area contributed by atoms with Crippen LogP contribution in [-0.4, -0.2) is 65.2 Å². The van der Waals surface area contributed by atoms with Crippen LogP contribution in [0.5, 0.6) is 0 Å². The van der Waals surface area contributed by atoms with Crippen molar-refractivity contribution in [1.82, 2.24) is 9.55 Å². The van der Waals surface area contributed by atoms with Crippen molar-refractivity contribution in [3.05, 3.63) is 32.6 Å². The van der Waals surface area contributed by atoms with E-state index >= 15 is 0 Å². The number of methoxy groups -OCH3 is 2. The van der Waals surface area contributed by atoms with E-state index in [9.17, 15) is 19.8 Å². The van der Waals surface area contributed by atoms with Gasteiger partial charge in [0.2, 0.25) is 0 Å². The summed E-state index contributed by atoms with van der Waals surface area (Å²) in [5.74, 6) is 0. The molecule has 3 N–H and O–H groups in total. The summed E-state index contributed by atoms with van der Waals surface area (Å²) in [6.07, 6.45) is -2.40. The first kappa shape index (κ1) is 16.8. The lowest BCUT2D eigenvalue weighted by Crippen LogP contribution is -2.43. The third-order valence-electron chi connectivity index (χ3n) is 3.78. The van der Waals surface area contributed by atoms with E-state index in [1.54, 1.807) is 0 Å². The largest absolute Gasteiger partial charge is 0.394 e. The molecule has 1 aromatic heterocycles. The molecule has 0 aromatic carbocycles. The summed E-state index contributed by atoms with van der Waals surface area (Å²) in [5.41, 5.74) is -0.880. The smallest absolute Gasteiger partial charge is 0.328 e. The molecule has 2 heterocycles. The Morgan fingerprint density at radius 3 is 2.59 bits per heavy atom. The van der Waals surface area contributed by atoms with Gasteiger partial charge in [-0.3, -0.25) is 14.3 Å². The maximum atomic E-state index is 12.0. The molecule has 1 aliphatic heterocycles. The molecule has 9 nitrogen and oxygen atoms in total. The molecule has 9 heteroatoms. The molecule has 0 unspecified atom stereocenters. The van der Waals surface area contributed by atoms with Crippen LogP contribution in [0.15, 0.2) is 15.8 Å². The van der Waals surface area contributed by atoms with E-state index in [4.69, 9.17) is 14.2 Å². The van der Waals surface area contributed by atoms with E-state index in [0.717, 1.165) is 4.57 Å². The Labute approximate surface area is 126 Å². The first-order valence-corrected chi connectivity index (χ1v) is 6.76. The number of aliphatic hydroxyl groups is 2. The third-order valence-corrected chi connectivity index (χ3v) is 3.78. The van der Waals surface area contributed by atoms with Crippen LogP contribution in [0, 0.1) is 6.92 Å². The number of nitrogens with one attached hydrogen (secondary N) is 1. The summed E-state index contributed by atoms with van der Waals surface area (Å²) >= 11 is 0. The first-order chi connectivity index (χ1) is 10.4. The van der Waals surface area contributed by atoms with Crippen molar-refractivity contribution in [1.29, 1.82) is 0 Å². The molecular formula is C13H20N2O7. The molecule has 0 radical (unpaired) electrons. The Morgan fingerprint density at radius 1 is 1.41 bits per heavy atom. The second-order valence-electron chi connectivity index (χ2n) is 5.12. The molecule has 0 amide bonds. The van der Waals surface area contributed by atoms with Crippen molar-refractivity contribution in [2.24, 2.45) is 0 Å². The minimum Gasteiger partial charge on any atom is -0.394 e. The normalized spacial score (nSPS) is 28.5. The second kappa shape index (κ2) is 6.71. The van der Waals surface area contributed by atoms with Crippen LogP contribution in [0.3, 0.4) is 0 Å².